The van der Waals surface area contributed by atoms with Gasteiger partial charge in [-0.25, -0.2) is 4.39 Å². The molecule has 1 aromatic carbocycles. The summed E-state index contributed by atoms with van der Waals surface area (Å²) in [6.45, 7) is 4.52. The van der Waals surface area contributed by atoms with Crippen molar-refractivity contribution in [3.8, 4) is 0 Å². The Bertz CT molecular complexity index is 338. The Labute approximate surface area is 118 Å². The van der Waals surface area contributed by atoms with Crippen molar-refractivity contribution in [3.63, 3.8) is 0 Å². The van der Waals surface area contributed by atoms with Crippen LogP contribution in [0.2, 0.25) is 18.1 Å². The van der Waals surface area contributed by atoms with Crippen LogP contribution in [0, 0.1) is 5.82 Å². The zero-order valence-electron chi connectivity index (χ0n) is 12.5. The lowest BCUT2D eigenvalue weighted by Crippen LogP contribution is -2.34. The van der Waals surface area contributed by atoms with Crippen molar-refractivity contribution in [1.82, 2.24) is 0 Å². The number of hydrogen-bond acceptors (Lipinski definition) is 1. The molecule has 1 aromatic rings. The number of rotatable bonds is 9. The third-order valence-electron chi connectivity index (χ3n) is 4.23. The van der Waals surface area contributed by atoms with Gasteiger partial charge < -0.3 is 4.43 Å². The van der Waals surface area contributed by atoms with Crippen molar-refractivity contribution in [1.29, 1.82) is 0 Å². The average molecular weight is 282 g/mol. The van der Waals surface area contributed by atoms with Gasteiger partial charge in [-0.15, -0.1) is 0 Å². The van der Waals surface area contributed by atoms with Crippen LogP contribution in [0.3, 0.4) is 0 Å². The van der Waals surface area contributed by atoms with Crippen LogP contribution in [0.5, 0.6) is 0 Å². The predicted molar refractivity (Wildman–Crippen MR) is 82.5 cm³/mol. The summed E-state index contributed by atoms with van der Waals surface area (Å²) in [7, 11) is 0.483. The molecule has 0 N–H and O–H groups in total. The standard InChI is InChI=1S/C16H27FOSi/c1-4-19(5-2,18-3)14-8-6-7-9-15-10-12-16(17)13-11-15/h10-13H,4-9,14H2,1-3H3. The monoisotopic (exact) mass is 282 g/mol. The minimum atomic E-state index is -1.40. The molecule has 0 spiro atoms. The summed E-state index contributed by atoms with van der Waals surface area (Å²) in [6, 6.07) is 10.6. The molecule has 0 unspecified atom stereocenters. The average Bonchev–Trinajstić information content (AvgIpc) is 2.45. The maximum Gasteiger partial charge on any atom is 0.191 e. The molecular weight excluding hydrogens is 255 g/mol. The smallest absolute Gasteiger partial charge is 0.191 e. The molecule has 0 bridgehead atoms. The Morgan fingerprint density at radius 2 is 1.63 bits per heavy atom. The normalized spacial score (nSPS) is 11.8. The first-order valence-electron chi connectivity index (χ1n) is 7.45. The zero-order chi connectivity index (χ0) is 14.1. The highest BCUT2D eigenvalue weighted by molar-refractivity contribution is 6.73. The van der Waals surface area contributed by atoms with Crippen LogP contribution in [-0.4, -0.2) is 15.4 Å². The van der Waals surface area contributed by atoms with Gasteiger partial charge in [0.1, 0.15) is 5.82 Å². The molecule has 1 rings (SSSR count). The number of hydrogen-bond donors (Lipinski definition) is 0. The Hall–Kier alpha value is -0.673. The molecule has 108 valence electrons. The lowest BCUT2D eigenvalue weighted by molar-refractivity contribution is 0.389. The van der Waals surface area contributed by atoms with E-state index in [2.05, 4.69) is 13.8 Å². The molecule has 1 nitrogen and oxygen atoms in total. The fourth-order valence-electron chi connectivity index (χ4n) is 2.60. The van der Waals surface area contributed by atoms with E-state index in [1.54, 1.807) is 12.1 Å². The molecule has 0 saturated carbocycles. The van der Waals surface area contributed by atoms with Crippen molar-refractivity contribution < 1.29 is 8.82 Å². The fourth-order valence-corrected chi connectivity index (χ4v) is 5.48. The zero-order valence-corrected chi connectivity index (χ0v) is 13.5. The van der Waals surface area contributed by atoms with Gasteiger partial charge >= 0.3 is 0 Å². The van der Waals surface area contributed by atoms with Crippen molar-refractivity contribution in [2.24, 2.45) is 0 Å². The minimum Gasteiger partial charge on any atom is -0.420 e. The van der Waals surface area contributed by atoms with Crippen LogP contribution in [0.15, 0.2) is 24.3 Å². The van der Waals surface area contributed by atoms with E-state index < -0.39 is 8.32 Å². The second kappa shape index (κ2) is 8.49. The third-order valence-corrected chi connectivity index (χ3v) is 8.94. The highest BCUT2D eigenvalue weighted by atomic mass is 28.4. The lowest BCUT2D eigenvalue weighted by atomic mass is 10.1. The maximum absolute atomic E-state index is 12.8. The molecular formula is C16H27FOSi. The van der Waals surface area contributed by atoms with Gasteiger partial charge in [-0.2, -0.15) is 0 Å². The number of aryl methyl sites for hydroxylation is 1. The van der Waals surface area contributed by atoms with Crippen LogP contribution in [0.25, 0.3) is 0 Å². The summed E-state index contributed by atoms with van der Waals surface area (Å²) in [5, 5.41) is 0. The summed E-state index contributed by atoms with van der Waals surface area (Å²) in [5.41, 5.74) is 1.24. The Morgan fingerprint density at radius 1 is 1.00 bits per heavy atom. The first-order chi connectivity index (χ1) is 9.15. The molecule has 0 amide bonds. The molecule has 19 heavy (non-hydrogen) atoms. The van der Waals surface area contributed by atoms with Crippen molar-refractivity contribution in [3.05, 3.63) is 35.6 Å². The first kappa shape index (κ1) is 16.4. The largest absolute Gasteiger partial charge is 0.420 e. The van der Waals surface area contributed by atoms with Gasteiger partial charge in [-0.3, -0.25) is 0 Å². The van der Waals surface area contributed by atoms with Crippen molar-refractivity contribution >= 4 is 8.32 Å². The summed E-state index contributed by atoms with van der Waals surface area (Å²) in [5.74, 6) is -0.148. The molecule has 0 aliphatic heterocycles. The van der Waals surface area contributed by atoms with Gasteiger partial charge in [-0.05, 0) is 48.7 Å². The van der Waals surface area contributed by atoms with Crippen LogP contribution in [0.1, 0.15) is 38.7 Å². The molecule has 0 aliphatic rings. The van der Waals surface area contributed by atoms with Crippen LogP contribution in [0.4, 0.5) is 4.39 Å². The summed E-state index contributed by atoms with van der Waals surface area (Å²) in [4.78, 5) is 0. The Kier molecular flexibility index (Phi) is 7.32. The summed E-state index contributed by atoms with van der Waals surface area (Å²) in [6.07, 6.45) is 4.76. The van der Waals surface area contributed by atoms with E-state index in [0.717, 1.165) is 6.42 Å². The topological polar surface area (TPSA) is 9.23 Å². The molecule has 0 fully saturated rings. The number of benzene rings is 1. The van der Waals surface area contributed by atoms with E-state index >= 15 is 0 Å². The summed E-state index contributed by atoms with van der Waals surface area (Å²) < 4.78 is 18.6. The number of unbranched alkanes of at least 4 members (excludes halogenated alkanes) is 2. The summed E-state index contributed by atoms with van der Waals surface area (Å²) >= 11 is 0. The molecule has 0 radical (unpaired) electrons. The second-order valence-electron chi connectivity index (χ2n) is 5.28. The highest BCUT2D eigenvalue weighted by Crippen LogP contribution is 2.24. The van der Waals surface area contributed by atoms with Crippen LogP contribution >= 0.6 is 0 Å². The van der Waals surface area contributed by atoms with E-state index in [0.29, 0.717) is 0 Å². The van der Waals surface area contributed by atoms with Gasteiger partial charge in [0, 0.05) is 7.11 Å². The quantitative estimate of drug-likeness (QED) is 0.448. The van der Waals surface area contributed by atoms with E-state index in [9.17, 15) is 4.39 Å². The lowest BCUT2D eigenvalue weighted by Gasteiger charge is -2.27. The maximum atomic E-state index is 12.8. The molecule has 0 aromatic heterocycles. The predicted octanol–water partition coefficient (Wildman–Crippen LogP) is 5.17. The fraction of sp³-hybridized carbons (Fsp3) is 0.625. The Morgan fingerprint density at radius 3 is 2.16 bits per heavy atom. The molecule has 3 heteroatoms. The van der Waals surface area contributed by atoms with E-state index in [-0.39, 0.29) is 5.82 Å². The second-order valence-corrected chi connectivity index (χ2v) is 9.97. The van der Waals surface area contributed by atoms with E-state index in [4.69, 9.17) is 4.43 Å². The van der Waals surface area contributed by atoms with Crippen molar-refractivity contribution in [2.75, 3.05) is 7.11 Å². The first-order valence-corrected chi connectivity index (χ1v) is 9.98. The molecule has 0 heterocycles. The van der Waals surface area contributed by atoms with Gasteiger partial charge in [0.2, 0.25) is 0 Å². The Balaban J connectivity index is 2.22. The van der Waals surface area contributed by atoms with Gasteiger partial charge in [0.25, 0.3) is 0 Å². The molecule has 0 aliphatic carbocycles. The SMILES string of the molecule is CC[Si](CC)(CCCCCc1ccc(F)cc1)OC. The molecule has 0 atom stereocenters. The third kappa shape index (κ3) is 5.45. The minimum absolute atomic E-state index is 0.148. The van der Waals surface area contributed by atoms with Crippen LogP contribution in [-0.2, 0) is 10.8 Å². The van der Waals surface area contributed by atoms with Gasteiger partial charge in [0.05, 0.1) is 0 Å². The van der Waals surface area contributed by atoms with E-state index in [1.165, 1.54) is 43.0 Å². The van der Waals surface area contributed by atoms with Crippen molar-refractivity contribution in [2.45, 2.75) is 57.7 Å². The van der Waals surface area contributed by atoms with Gasteiger partial charge in [0.15, 0.2) is 8.32 Å². The number of halogens is 1. The molecule has 0 saturated heterocycles. The highest BCUT2D eigenvalue weighted by Gasteiger charge is 2.28. The van der Waals surface area contributed by atoms with Crippen LogP contribution < -0.4 is 0 Å². The van der Waals surface area contributed by atoms with E-state index in [1.807, 2.05) is 19.2 Å². The van der Waals surface area contributed by atoms with Gasteiger partial charge in [-0.1, -0.05) is 38.8 Å².